The Hall–Kier alpha value is -3.76. The van der Waals surface area contributed by atoms with Crippen LogP contribution in [0.15, 0.2) is 41.2 Å². The van der Waals surface area contributed by atoms with Crippen LogP contribution >= 0.6 is 0 Å². The van der Waals surface area contributed by atoms with Gasteiger partial charge < -0.3 is 19.2 Å². The lowest BCUT2D eigenvalue weighted by molar-refractivity contribution is 0.0914. The number of rotatable bonds is 8. The Morgan fingerprint density at radius 3 is 2.78 bits per heavy atom. The van der Waals surface area contributed by atoms with Gasteiger partial charge >= 0.3 is 0 Å². The van der Waals surface area contributed by atoms with Crippen molar-refractivity contribution in [3.8, 4) is 11.5 Å². The maximum atomic E-state index is 13.1. The lowest BCUT2D eigenvalue weighted by atomic mass is 10.0. The number of fused-ring (bicyclic) bond motifs is 2. The Bertz CT molecular complexity index is 1490. The molecule has 4 aromatic rings. The first-order valence-corrected chi connectivity index (χ1v) is 12.6. The highest BCUT2D eigenvalue weighted by Gasteiger charge is 2.22. The van der Waals surface area contributed by atoms with Gasteiger partial charge in [0.1, 0.15) is 0 Å². The number of H-pyrrole nitrogens is 1. The Balaban J connectivity index is 1.30. The normalized spacial score (nSPS) is 16.8. The first-order valence-electron chi connectivity index (χ1n) is 12.6. The molecule has 10 heteroatoms. The SMILES string of the molecule is Cc1cc2cc(CN(Cc3ccc4c(c3)OCO4)Cc3nnnn3CC3CCCO3)c(=O)[nH]c2cc1C. The Morgan fingerprint density at radius 2 is 1.92 bits per heavy atom. The van der Waals surface area contributed by atoms with Crippen molar-refractivity contribution >= 4 is 10.9 Å². The minimum atomic E-state index is -0.0922. The zero-order chi connectivity index (χ0) is 25.4. The van der Waals surface area contributed by atoms with Crippen molar-refractivity contribution in [2.45, 2.75) is 59.0 Å². The molecule has 4 heterocycles. The van der Waals surface area contributed by atoms with Crippen LogP contribution in [0.25, 0.3) is 10.9 Å². The molecule has 10 nitrogen and oxygen atoms in total. The third-order valence-electron chi connectivity index (χ3n) is 7.14. The molecule has 1 N–H and O–H groups in total. The summed E-state index contributed by atoms with van der Waals surface area (Å²) in [5, 5.41) is 13.5. The standard InChI is InChI=1S/C27H30N6O4/c1-17-8-20-11-21(27(34)28-23(20)9-18(17)2)13-32(12-19-5-6-24-25(10-19)37-16-36-24)15-26-29-30-31-33(26)14-22-4-3-7-35-22/h5-6,8-11,22H,3-4,7,12-16H2,1-2H3,(H,28,34). The van der Waals surface area contributed by atoms with Crippen LogP contribution in [0.5, 0.6) is 11.5 Å². The van der Waals surface area contributed by atoms with Gasteiger partial charge in [0.05, 0.1) is 19.2 Å². The predicted octanol–water partition coefficient (Wildman–Crippen LogP) is 3.24. The van der Waals surface area contributed by atoms with Crippen molar-refractivity contribution in [2.24, 2.45) is 0 Å². The number of hydrogen-bond donors (Lipinski definition) is 1. The number of aromatic amines is 1. The average molecular weight is 503 g/mol. The van der Waals surface area contributed by atoms with Crippen molar-refractivity contribution < 1.29 is 14.2 Å². The molecule has 0 spiro atoms. The average Bonchev–Trinajstić information content (AvgIpc) is 3.64. The molecule has 1 atom stereocenters. The van der Waals surface area contributed by atoms with Crippen LogP contribution in [0.3, 0.4) is 0 Å². The predicted molar refractivity (Wildman–Crippen MR) is 136 cm³/mol. The molecule has 2 aromatic carbocycles. The van der Waals surface area contributed by atoms with E-state index in [0.717, 1.165) is 58.8 Å². The van der Waals surface area contributed by atoms with Crippen molar-refractivity contribution in [3.63, 3.8) is 0 Å². The highest BCUT2D eigenvalue weighted by atomic mass is 16.7. The molecule has 37 heavy (non-hydrogen) atoms. The Kier molecular flexibility index (Phi) is 6.35. The zero-order valence-electron chi connectivity index (χ0n) is 21.1. The van der Waals surface area contributed by atoms with Crippen LogP contribution in [-0.4, -0.2) is 49.6 Å². The first-order chi connectivity index (χ1) is 18.0. The van der Waals surface area contributed by atoms with E-state index >= 15 is 0 Å². The maximum Gasteiger partial charge on any atom is 0.252 e. The van der Waals surface area contributed by atoms with E-state index in [0.29, 0.717) is 31.7 Å². The van der Waals surface area contributed by atoms with Crippen molar-refractivity contribution in [2.75, 3.05) is 13.4 Å². The van der Waals surface area contributed by atoms with Crippen LogP contribution in [0, 0.1) is 13.8 Å². The number of ether oxygens (including phenoxy) is 3. The number of aryl methyl sites for hydroxylation is 2. The van der Waals surface area contributed by atoms with Crippen LogP contribution in [0.2, 0.25) is 0 Å². The molecule has 0 amide bonds. The molecule has 2 aliphatic rings. The molecule has 0 saturated carbocycles. The summed E-state index contributed by atoms with van der Waals surface area (Å²) in [5.74, 6) is 2.21. The molecule has 0 aliphatic carbocycles. The Morgan fingerprint density at radius 1 is 1.05 bits per heavy atom. The van der Waals surface area contributed by atoms with E-state index in [9.17, 15) is 4.79 Å². The van der Waals surface area contributed by atoms with E-state index in [4.69, 9.17) is 14.2 Å². The van der Waals surface area contributed by atoms with E-state index < -0.39 is 0 Å². The molecule has 0 bridgehead atoms. The second kappa shape index (κ2) is 9.95. The van der Waals surface area contributed by atoms with Gasteiger partial charge in [0.25, 0.3) is 5.56 Å². The highest BCUT2D eigenvalue weighted by Crippen LogP contribution is 2.33. The van der Waals surface area contributed by atoms with Crippen LogP contribution < -0.4 is 15.0 Å². The number of pyridine rings is 1. The summed E-state index contributed by atoms with van der Waals surface area (Å²) in [7, 11) is 0. The van der Waals surface area contributed by atoms with Gasteiger partial charge in [0.2, 0.25) is 6.79 Å². The van der Waals surface area contributed by atoms with Crippen LogP contribution in [0.4, 0.5) is 0 Å². The number of aromatic nitrogens is 5. The fraction of sp³-hybridized carbons (Fsp3) is 0.407. The third kappa shape index (κ3) is 5.07. The summed E-state index contributed by atoms with van der Waals surface area (Å²) < 4.78 is 18.7. The van der Waals surface area contributed by atoms with Crippen molar-refractivity contribution in [1.82, 2.24) is 30.1 Å². The number of tetrazole rings is 1. The quantitative estimate of drug-likeness (QED) is 0.391. The highest BCUT2D eigenvalue weighted by molar-refractivity contribution is 5.80. The van der Waals surface area contributed by atoms with E-state index in [1.807, 2.05) is 35.0 Å². The molecular weight excluding hydrogens is 472 g/mol. The van der Waals surface area contributed by atoms with Crippen LogP contribution in [0.1, 0.15) is 40.9 Å². The molecule has 2 aromatic heterocycles. The topological polar surface area (TPSA) is 107 Å². The number of benzene rings is 2. The first kappa shape index (κ1) is 23.6. The maximum absolute atomic E-state index is 13.1. The van der Waals surface area contributed by atoms with E-state index in [2.05, 4.69) is 45.3 Å². The van der Waals surface area contributed by atoms with Gasteiger partial charge in [-0.3, -0.25) is 9.69 Å². The van der Waals surface area contributed by atoms with Gasteiger partial charge in [-0.25, -0.2) is 4.68 Å². The minimum Gasteiger partial charge on any atom is -0.454 e. The molecule has 6 rings (SSSR count). The molecule has 2 aliphatic heterocycles. The summed E-state index contributed by atoms with van der Waals surface area (Å²) >= 11 is 0. The van der Waals surface area contributed by atoms with Gasteiger partial charge in [-0.05, 0) is 89.5 Å². The molecular formula is C27H30N6O4. The van der Waals surface area contributed by atoms with Gasteiger partial charge in [-0.2, -0.15) is 0 Å². The lowest BCUT2D eigenvalue weighted by Crippen LogP contribution is -2.29. The summed E-state index contributed by atoms with van der Waals surface area (Å²) in [4.78, 5) is 18.3. The zero-order valence-corrected chi connectivity index (χ0v) is 21.1. The molecule has 1 unspecified atom stereocenters. The second-order valence-corrected chi connectivity index (χ2v) is 9.89. The molecule has 1 saturated heterocycles. The number of hydrogen-bond acceptors (Lipinski definition) is 8. The third-order valence-corrected chi connectivity index (χ3v) is 7.14. The molecule has 0 radical (unpaired) electrons. The molecule has 192 valence electrons. The smallest absolute Gasteiger partial charge is 0.252 e. The van der Waals surface area contributed by atoms with Gasteiger partial charge in [-0.15, -0.1) is 5.10 Å². The summed E-state index contributed by atoms with van der Waals surface area (Å²) in [6.45, 7) is 7.24. The van der Waals surface area contributed by atoms with E-state index in [1.165, 1.54) is 5.56 Å². The second-order valence-electron chi connectivity index (χ2n) is 9.89. The minimum absolute atomic E-state index is 0.0922. The van der Waals surface area contributed by atoms with Gasteiger partial charge in [0.15, 0.2) is 17.3 Å². The fourth-order valence-corrected chi connectivity index (χ4v) is 5.01. The number of nitrogens with zero attached hydrogens (tertiary/aromatic N) is 5. The van der Waals surface area contributed by atoms with Gasteiger partial charge in [0, 0.05) is 30.8 Å². The van der Waals surface area contributed by atoms with Crippen molar-refractivity contribution in [3.05, 3.63) is 74.8 Å². The van der Waals surface area contributed by atoms with Crippen molar-refractivity contribution in [1.29, 1.82) is 0 Å². The lowest BCUT2D eigenvalue weighted by Gasteiger charge is -2.22. The summed E-state index contributed by atoms with van der Waals surface area (Å²) in [6, 6.07) is 12.1. The Labute approximate surface area is 214 Å². The van der Waals surface area contributed by atoms with Gasteiger partial charge in [-0.1, -0.05) is 6.07 Å². The summed E-state index contributed by atoms with van der Waals surface area (Å²) in [5.41, 5.74) is 4.83. The van der Waals surface area contributed by atoms with E-state index in [1.54, 1.807) is 0 Å². The fourth-order valence-electron chi connectivity index (χ4n) is 5.01. The van der Waals surface area contributed by atoms with E-state index in [-0.39, 0.29) is 18.5 Å². The van der Waals surface area contributed by atoms with Crippen LogP contribution in [-0.2, 0) is 30.9 Å². The number of nitrogens with one attached hydrogen (secondary N) is 1. The summed E-state index contributed by atoms with van der Waals surface area (Å²) in [6.07, 6.45) is 2.19. The monoisotopic (exact) mass is 502 g/mol. The molecule has 1 fully saturated rings. The largest absolute Gasteiger partial charge is 0.454 e.